The number of aromatic nitrogens is 3. The number of carbonyl (C=O) groups excluding carboxylic acids is 1. The minimum atomic E-state index is 0.0805. The van der Waals surface area contributed by atoms with Crippen molar-refractivity contribution in [2.75, 3.05) is 32.1 Å². The molecule has 1 aliphatic rings. The Hall–Kier alpha value is -2.35. The fourth-order valence-corrected chi connectivity index (χ4v) is 4.31. The molecule has 0 bridgehead atoms. The molecule has 1 aliphatic heterocycles. The van der Waals surface area contributed by atoms with Gasteiger partial charge in [0, 0.05) is 18.7 Å². The van der Waals surface area contributed by atoms with Crippen LogP contribution in [0.25, 0.3) is 17.1 Å². The predicted octanol–water partition coefficient (Wildman–Crippen LogP) is 3.85. The molecule has 150 valence electrons. The van der Waals surface area contributed by atoms with Gasteiger partial charge in [-0.05, 0) is 30.7 Å². The van der Waals surface area contributed by atoms with Gasteiger partial charge in [-0.25, -0.2) is 0 Å². The number of rotatable bonds is 5. The number of thioether (sulfide) groups is 1. The van der Waals surface area contributed by atoms with Crippen LogP contribution in [-0.2, 0) is 9.53 Å². The zero-order chi connectivity index (χ0) is 20.2. The van der Waals surface area contributed by atoms with Crippen molar-refractivity contribution in [1.82, 2.24) is 19.7 Å². The summed E-state index contributed by atoms with van der Waals surface area (Å²) in [6, 6.07) is 15.6. The van der Waals surface area contributed by atoms with Crippen LogP contribution >= 0.6 is 23.4 Å². The molecule has 4 rings (SSSR count). The summed E-state index contributed by atoms with van der Waals surface area (Å²) in [4.78, 5) is 14.4. The average Bonchev–Trinajstić information content (AvgIpc) is 3.16. The standard InChI is InChI=1S/C21H21ClN4O2S/c1-15-6-2-5-9-18(15)26-20(16-7-3-4-8-17(16)22)23-24-21(26)29-14-19(27)25-10-12-28-13-11-25/h2-9H,10-14H2,1H3. The van der Waals surface area contributed by atoms with Gasteiger partial charge in [0.1, 0.15) is 0 Å². The summed E-state index contributed by atoms with van der Waals surface area (Å²) < 4.78 is 7.31. The zero-order valence-corrected chi connectivity index (χ0v) is 17.6. The van der Waals surface area contributed by atoms with Gasteiger partial charge < -0.3 is 9.64 Å². The van der Waals surface area contributed by atoms with E-state index < -0.39 is 0 Å². The van der Waals surface area contributed by atoms with E-state index in [-0.39, 0.29) is 5.91 Å². The van der Waals surface area contributed by atoms with E-state index in [9.17, 15) is 4.79 Å². The van der Waals surface area contributed by atoms with E-state index in [4.69, 9.17) is 16.3 Å². The topological polar surface area (TPSA) is 60.2 Å². The number of morpholine rings is 1. The van der Waals surface area contributed by atoms with Gasteiger partial charge in [0.25, 0.3) is 0 Å². The summed E-state index contributed by atoms with van der Waals surface area (Å²) in [5.74, 6) is 1.04. The third-order valence-electron chi connectivity index (χ3n) is 4.79. The lowest BCUT2D eigenvalue weighted by Crippen LogP contribution is -2.41. The van der Waals surface area contributed by atoms with Crippen molar-refractivity contribution in [3.8, 4) is 17.1 Å². The zero-order valence-electron chi connectivity index (χ0n) is 16.0. The van der Waals surface area contributed by atoms with Crippen LogP contribution in [0.15, 0.2) is 53.7 Å². The number of halogens is 1. The largest absolute Gasteiger partial charge is 0.378 e. The van der Waals surface area contributed by atoms with Crippen molar-refractivity contribution < 1.29 is 9.53 Å². The van der Waals surface area contributed by atoms with Crippen LogP contribution in [0, 0.1) is 6.92 Å². The summed E-state index contributed by atoms with van der Waals surface area (Å²) in [5, 5.41) is 10.1. The molecule has 3 aromatic rings. The van der Waals surface area contributed by atoms with Crippen molar-refractivity contribution in [2.24, 2.45) is 0 Å². The first-order valence-electron chi connectivity index (χ1n) is 9.40. The fourth-order valence-electron chi connectivity index (χ4n) is 3.24. The maximum absolute atomic E-state index is 12.6. The van der Waals surface area contributed by atoms with E-state index in [1.165, 1.54) is 11.8 Å². The van der Waals surface area contributed by atoms with Crippen molar-refractivity contribution >= 4 is 29.3 Å². The molecule has 1 aromatic heterocycles. The Balaban J connectivity index is 1.68. The Morgan fingerprint density at radius 1 is 1.10 bits per heavy atom. The van der Waals surface area contributed by atoms with Gasteiger partial charge in [0.05, 0.1) is 29.7 Å². The number of nitrogens with zero attached hydrogens (tertiary/aromatic N) is 4. The quantitative estimate of drug-likeness (QED) is 0.578. The molecule has 0 N–H and O–H groups in total. The highest BCUT2D eigenvalue weighted by Crippen LogP contribution is 2.32. The lowest BCUT2D eigenvalue weighted by molar-refractivity contribution is -0.132. The molecule has 0 unspecified atom stereocenters. The van der Waals surface area contributed by atoms with Gasteiger partial charge in [-0.1, -0.05) is 53.7 Å². The van der Waals surface area contributed by atoms with E-state index >= 15 is 0 Å². The van der Waals surface area contributed by atoms with Crippen molar-refractivity contribution in [3.63, 3.8) is 0 Å². The Bertz CT molecular complexity index is 1020. The molecule has 29 heavy (non-hydrogen) atoms. The van der Waals surface area contributed by atoms with E-state index in [1.54, 1.807) is 0 Å². The summed E-state index contributed by atoms with van der Waals surface area (Å²) in [6.07, 6.45) is 0. The molecule has 0 spiro atoms. The minimum Gasteiger partial charge on any atom is -0.378 e. The Labute approximate surface area is 178 Å². The SMILES string of the molecule is Cc1ccccc1-n1c(SCC(=O)N2CCOCC2)nnc1-c1ccccc1Cl. The van der Waals surface area contributed by atoms with Crippen LogP contribution < -0.4 is 0 Å². The van der Waals surface area contributed by atoms with Crippen LogP contribution in [0.4, 0.5) is 0 Å². The lowest BCUT2D eigenvalue weighted by Gasteiger charge is -2.26. The molecule has 1 saturated heterocycles. The minimum absolute atomic E-state index is 0.0805. The first kappa shape index (κ1) is 19.9. The highest BCUT2D eigenvalue weighted by Gasteiger charge is 2.22. The Morgan fingerprint density at radius 3 is 2.59 bits per heavy atom. The van der Waals surface area contributed by atoms with Gasteiger partial charge in [-0.15, -0.1) is 10.2 Å². The second-order valence-electron chi connectivity index (χ2n) is 6.69. The molecule has 0 aliphatic carbocycles. The molecule has 1 amide bonds. The molecular formula is C21H21ClN4O2S. The Kier molecular flexibility index (Phi) is 6.18. The normalized spacial score (nSPS) is 14.2. The average molecular weight is 429 g/mol. The smallest absolute Gasteiger partial charge is 0.233 e. The molecule has 8 heteroatoms. The summed E-state index contributed by atoms with van der Waals surface area (Å²) in [5.41, 5.74) is 2.85. The van der Waals surface area contributed by atoms with Crippen LogP contribution in [0.1, 0.15) is 5.56 Å². The summed E-state index contributed by atoms with van der Waals surface area (Å²) >= 11 is 7.82. The number of hydrogen-bond acceptors (Lipinski definition) is 5. The number of ether oxygens (including phenoxy) is 1. The van der Waals surface area contributed by atoms with Gasteiger partial charge in [0.2, 0.25) is 5.91 Å². The maximum atomic E-state index is 12.6. The molecule has 6 nitrogen and oxygen atoms in total. The number of hydrogen-bond donors (Lipinski definition) is 0. The number of carbonyl (C=O) groups is 1. The monoisotopic (exact) mass is 428 g/mol. The third-order valence-corrected chi connectivity index (χ3v) is 6.04. The van der Waals surface area contributed by atoms with Gasteiger partial charge in [-0.3, -0.25) is 9.36 Å². The van der Waals surface area contributed by atoms with E-state index in [0.29, 0.717) is 48.1 Å². The van der Waals surface area contributed by atoms with Crippen molar-refractivity contribution in [3.05, 3.63) is 59.1 Å². The Morgan fingerprint density at radius 2 is 1.83 bits per heavy atom. The van der Waals surface area contributed by atoms with Gasteiger partial charge >= 0.3 is 0 Å². The second-order valence-corrected chi connectivity index (χ2v) is 8.04. The second kappa shape index (κ2) is 8.98. The molecule has 0 atom stereocenters. The first-order chi connectivity index (χ1) is 14.1. The summed E-state index contributed by atoms with van der Waals surface area (Å²) in [7, 11) is 0. The molecule has 0 radical (unpaired) electrons. The first-order valence-corrected chi connectivity index (χ1v) is 10.8. The maximum Gasteiger partial charge on any atom is 0.233 e. The number of amides is 1. The van der Waals surface area contributed by atoms with Gasteiger partial charge in [0.15, 0.2) is 11.0 Å². The van der Waals surface area contributed by atoms with Crippen LogP contribution in [0.3, 0.4) is 0 Å². The highest BCUT2D eigenvalue weighted by molar-refractivity contribution is 7.99. The molecular weight excluding hydrogens is 408 g/mol. The third kappa shape index (κ3) is 4.32. The van der Waals surface area contributed by atoms with Crippen LogP contribution in [0.2, 0.25) is 5.02 Å². The van der Waals surface area contributed by atoms with Crippen molar-refractivity contribution in [1.29, 1.82) is 0 Å². The number of para-hydroxylation sites is 1. The molecule has 2 heterocycles. The van der Waals surface area contributed by atoms with Crippen LogP contribution in [-0.4, -0.2) is 57.6 Å². The van der Waals surface area contributed by atoms with Gasteiger partial charge in [-0.2, -0.15) is 0 Å². The number of benzene rings is 2. The molecule has 0 saturated carbocycles. The molecule has 2 aromatic carbocycles. The van der Waals surface area contributed by atoms with E-state index in [2.05, 4.69) is 10.2 Å². The molecule has 1 fully saturated rings. The van der Waals surface area contributed by atoms with E-state index in [1.807, 2.05) is 64.9 Å². The van der Waals surface area contributed by atoms with Crippen molar-refractivity contribution in [2.45, 2.75) is 12.1 Å². The van der Waals surface area contributed by atoms with Crippen LogP contribution in [0.5, 0.6) is 0 Å². The lowest BCUT2D eigenvalue weighted by atomic mass is 10.1. The fraction of sp³-hybridized carbons (Fsp3) is 0.286. The summed E-state index contributed by atoms with van der Waals surface area (Å²) in [6.45, 7) is 4.49. The van der Waals surface area contributed by atoms with E-state index in [0.717, 1.165) is 16.8 Å². The number of aryl methyl sites for hydroxylation is 1. The predicted molar refractivity (Wildman–Crippen MR) is 115 cm³/mol. The highest BCUT2D eigenvalue weighted by atomic mass is 35.5.